The summed E-state index contributed by atoms with van der Waals surface area (Å²) < 4.78 is 4.49. The summed E-state index contributed by atoms with van der Waals surface area (Å²) in [5.74, 6) is -0.937. The van der Waals surface area contributed by atoms with E-state index in [4.69, 9.17) is 10.2 Å². The second kappa shape index (κ2) is 6.43. The van der Waals surface area contributed by atoms with Crippen molar-refractivity contribution in [3.63, 3.8) is 0 Å². The summed E-state index contributed by atoms with van der Waals surface area (Å²) >= 11 is 0. The van der Waals surface area contributed by atoms with Crippen LogP contribution >= 0.6 is 0 Å². The fourth-order valence-corrected chi connectivity index (χ4v) is 0.930. The van der Waals surface area contributed by atoms with E-state index in [9.17, 15) is 9.59 Å². The van der Waals surface area contributed by atoms with Gasteiger partial charge in [0, 0.05) is 13.0 Å². The minimum Gasteiger partial charge on any atom is -0.479 e. The van der Waals surface area contributed by atoms with Crippen LogP contribution in [-0.2, 0) is 11.2 Å². The summed E-state index contributed by atoms with van der Waals surface area (Å²) in [5, 5.41) is 25.4. The largest absolute Gasteiger partial charge is 0.479 e. The Balaban J connectivity index is 2.11. The summed E-state index contributed by atoms with van der Waals surface area (Å²) in [4.78, 5) is 25.1. The number of nitrogens with one attached hydrogen (secondary N) is 2. The monoisotopic (exact) mass is 244 g/mol. The Bertz CT molecular complexity index is 366. The summed E-state index contributed by atoms with van der Waals surface area (Å²) in [7, 11) is 0. The van der Waals surface area contributed by atoms with Crippen LogP contribution in [0.15, 0.2) is 10.9 Å². The van der Waals surface area contributed by atoms with Crippen molar-refractivity contribution in [2.75, 3.05) is 13.1 Å². The van der Waals surface area contributed by atoms with Crippen molar-refractivity contribution in [1.29, 1.82) is 0 Å². The van der Waals surface area contributed by atoms with E-state index in [0.717, 1.165) is 0 Å². The van der Waals surface area contributed by atoms with Gasteiger partial charge in [-0.25, -0.2) is 9.59 Å². The van der Waals surface area contributed by atoms with Crippen LogP contribution in [0.3, 0.4) is 0 Å². The lowest BCUT2D eigenvalue weighted by Gasteiger charge is -2.08. The van der Waals surface area contributed by atoms with Gasteiger partial charge in [-0.2, -0.15) is 4.98 Å². The number of aliphatic carboxylic acids is 1. The molecule has 0 bridgehead atoms. The number of hydrogen-bond acceptors (Lipinski definition) is 6. The Kier molecular flexibility index (Phi) is 4.88. The van der Waals surface area contributed by atoms with Crippen LogP contribution < -0.4 is 10.6 Å². The standard InChI is InChI=1S/C8H12N4O5/c13-5(7(14)15)3-10-8(16)9-2-1-6-11-4-17-12-6/h4-5,13H,1-3H2,(H,14,15)(H2,9,10,16). The van der Waals surface area contributed by atoms with E-state index in [-0.39, 0.29) is 13.1 Å². The third kappa shape index (κ3) is 4.93. The number of aromatic nitrogens is 2. The summed E-state index contributed by atoms with van der Waals surface area (Å²) in [6, 6.07) is -0.575. The highest BCUT2D eigenvalue weighted by atomic mass is 16.5. The van der Waals surface area contributed by atoms with Gasteiger partial charge in [-0.3, -0.25) is 0 Å². The molecule has 0 fully saturated rings. The molecule has 9 heteroatoms. The number of hydrogen-bond donors (Lipinski definition) is 4. The second-order valence-corrected chi connectivity index (χ2v) is 3.09. The van der Waals surface area contributed by atoms with E-state index in [1.807, 2.05) is 0 Å². The number of amides is 2. The fraction of sp³-hybridized carbons (Fsp3) is 0.500. The highest BCUT2D eigenvalue weighted by Gasteiger charge is 2.13. The van der Waals surface area contributed by atoms with Crippen LogP contribution in [0.1, 0.15) is 5.82 Å². The molecule has 94 valence electrons. The Labute approximate surface area is 95.8 Å². The second-order valence-electron chi connectivity index (χ2n) is 3.09. The SMILES string of the molecule is O=C(NCCc1ncon1)NCC(O)C(=O)O. The quantitative estimate of drug-likeness (QED) is 0.470. The van der Waals surface area contributed by atoms with E-state index in [2.05, 4.69) is 25.3 Å². The van der Waals surface area contributed by atoms with Crippen molar-refractivity contribution in [1.82, 2.24) is 20.8 Å². The number of carbonyl (C=O) groups excluding carboxylic acids is 1. The Hall–Kier alpha value is -2.16. The molecule has 1 aromatic heterocycles. The topological polar surface area (TPSA) is 138 Å². The fourth-order valence-electron chi connectivity index (χ4n) is 0.930. The van der Waals surface area contributed by atoms with Crippen molar-refractivity contribution in [2.45, 2.75) is 12.5 Å². The van der Waals surface area contributed by atoms with Gasteiger partial charge in [0.25, 0.3) is 0 Å². The molecule has 1 rings (SSSR count). The average Bonchev–Trinajstić information content (AvgIpc) is 2.78. The third-order valence-electron chi connectivity index (χ3n) is 1.78. The van der Waals surface area contributed by atoms with Gasteiger partial charge in [0.1, 0.15) is 0 Å². The number of carbonyl (C=O) groups is 2. The molecule has 1 heterocycles. The molecular formula is C8H12N4O5. The van der Waals surface area contributed by atoms with Gasteiger partial charge in [0.2, 0.25) is 6.39 Å². The minimum atomic E-state index is -1.61. The Morgan fingerprint density at radius 1 is 1.47 bits per heavy atom. The lowest BCUT2D eigenvalue weighted by atomic mass is 10.3. The molecule has 0 saturated heterocycles. The zero-order chi connectivity index (χ0) is 12.7. The maximum atomic E-state index is 11.1. The summed E-state index contributed by atoms with van der Waals surface area (Å²) in [5.41, 5.74) is 0. The molecule has 17 heavy (non-hydrogen) atoms. The Morgan fingerprint density at radius 3 is 2.82 bits per heavy atom. The predicted octanol–water partition coefficient (Wildman–Crippen LogP) is -1.64. The molecule has 0 aliphatic carbocycles. The number of carboxylic acid groups (broad SMARTS) is 1. The van der Waals surface area contributed by atoms with E-state index >= 15 is 0 Å². The van der Waals surface area contributed by atoms with Gasteiger partial charge < -0.3 is 25.4 Å². The molecule has 0 spiro atoms. The number of urea groups is 1. The van der Waals surface area contributed by atoms with Crippen LogP contribution in [0.5, 0.6) is 0 Å². The smallest absolute Gasteiger partial charge is 0.334 e. The first-order valence-electron chi connectivity index (χ1n) is 4.77. The maximum absolute atomic E-state index is 11.1. The summed E-state index contributed by atoms with van der Waals surface area (Å²) in [6.07, 6.45) is -0.0396. The first kappa shape index (κ1) is 12.9. The number of aliphatic hydroxyl groups is 1. The molecule has 0 aliphatic rings. The molecule has 0 aliphatic heterocycles. The van der Waals surface area contributed by atoms with E-state index in [1.54, 1.807) is 0 Å². The van der Waals surface area contributed by atoms with Crippen LogP contribution in [0.2, 0.25) is 0 Å². The first-order valence-corrected chi connectivity index (χ1v) is 4.77. The molecule has 1 unspecified atom stereocenters. The van der Waals surface area contributed by atoms with Crippen molar-refractivity contribution in [3.8, 4) is 0 Å². The molecule has 1 aromatic rings. The van der Waals surface area contributed by atoms with E-state index in [1.165, 1.54) is 6.39 Å². The number of rotatable bonds is 6. The highest BCUT2D eigenvalue weighted by molar-refractivity contribution is 5.76. The summed E-state index contributed by atoms with van der Waals surface area (Å²) in [6.45, 7) is -0.0854. The van der Waals surface area contributed by atoms with Crippen LogP contribution in [0.4, 0.5) is 4.79 Å². The molecule has 0 aromatic carbocycles. The van der Waals surface area contributed by atoms with Crippen LogP contribution in [-0.4, -0.2) is 51.5 Å². The lowest BCUT2D eigenvalue weighted by Crippen LogP contribution is -2.42. The van der Waals surface area contributed by atoms with Gasteiger partial charge in [0.15, 0.2) is 11.9 Å². The van der Waals surface area contributed by atoms with Gasteiger partial charge in [0.05, 0.1) is 6.54 Å². The van der Waals surface area contributed by atoms with Gasteiger partial charge in [-0.1, -0.05) is 5.16 Å². The van der Waals surface area contributed by atoms with Crippen molar-refractivity contribution < 1.29 is 24.3 Å². The maximum Gasteiger partial charge on any atom is 0.334 e. The molecule has 0 radical (unpaired) electrons. The molecule has 2 amide bonds. The van der Waals surface area contributed by atoms with E-state index < -0.39 is 18.1 Å². The average molecular weight is 244 g/mol. The molecule has 9 nitrogen and oxygen atoms in total. The highest BCUT2D eigenvalue weighted by Crippen LogP contribution is 1.87. The van der Waals surface area contributed by atoms with Gasteiger partial charge in [-0.15, -0.1) is 0 Å². The number of carboxylic acids is 1. The molecule has 1 atom stereocenters. The van der Waals surface area contributed by atoms with Gasteiger partial charge in [-0.05, 0) is 0 Å². The molecule has 4 N–H and O–H groups in total. The van der Waals surface area contributed by atoms with Crippen LogP contribution in [0, 0.1) is 0 Å². The number of nitrogens with zero attached hydrogens (tertiary/aromatic N) is 2. The zero-order valence-electron chi connectivity index (χ0n) is 8.79. The van der Waals surface area contributed by atoms with Crippen molar-refractivity contribution >= 4 is 12.0 Å². The van der Waals surface area contributed by atoms with E-state index in [0.29, 0.717) is 12.2 Å². The lowest BCUT2D eigenvalue weighted by molar-refractivity contribution is -0.146. The zero-order valence-corrected chi connectivity index (χ0v) is 8.79. The molecular weight excluding hydrogens is 232 g/mol. The molecule has 0 saturated carbocycles. The van der Waals surface area contributed by atoms with Crippen LogP contribution in [0.25, 0.3) is 0 Å². The van der Waals surface area contributed by atoms with Crippen molar-refractivity contribution in [3.05, 3.63) is 12.2 Å². The number of aliphatic hydroxyl groups excluding tert-OH is 1. The minimum absolute atomic E-state index is 0.272. The Morgan fingerprint density at radius 2 is 2.24 bits per heavy atom. The third-order valence-corrected chi connectivity index (χ3v) is 1.78. The first-order chi connectivity index (χ1) is 8.09. The predicted molar refractivity (Wildman–Crippen MR) is 53.0 cm³/mol. The normalized spacial score (nSPS) is 11.8. The van der Waals surface area contributed by atoms with Gasteiger partial charge >= 0.3 is 12.0 Å². The van der Waals surface area contributed by atoms with Crippen molar-refractivity contribution in [2.24, 2.45) is 0 Å².